The number of hydrogen-bond donors (Lipinski definition) is 1. The van der Waals surface area contributed by atoms with E-state index in [0.717, 1.165) is 0 Å². The van der Waals surface area contributed by atoms with Crippen LogP contribution in [-0.2, 0) is 19.0 Å². The fourth-order valence-corrected chi connectivity index (χ4v) is 3.55. The molecule has 1 N–H and O–H groups in total. The predicted molar refractivity (Wildman–Crippen MR) is 81.2 cm³/mol. The first kappa shape index (κ1) is 15.5. The number of nitrogens with one attached hydrogen (secondary N) is 1. The predicted octanol–water partition coefficient (Wildman–Crippen LogP) is 2.03. The summed E-state index contributed by atoms with van der Waals surface area (Å²) in [6, 6.07) is 10.3. The van der Waals surface area contributed by atoms with Crippen molar-refractivity contribution in [3.8, 4) is 0 Å². The van der Waals surface area contributed by atoms with Crippen LogP contribution >= 0.6 is 0 Å². The first-order valence-electron chi connectivity index (χ1n) is 7.80. The van der Waals surface area contributed by atoms with Crippen molar-refractivity contribution in [3.05, 3.63) is 35.9 Å². The zero-order valence-electron chi connectivity index (χ0n) is 13.1. The van der Waals surface area contributed by atoms with Crippen LogP contribution in [0.15, 0.2) is 30.3 Å². The summed E-state index contributed by atoms with van der Waals surface area (Å²) in [5.41, 5.74) is 1.18. The minimum Gasteiger partial charge on any atom is -0.469 e. The van der Waals surface area contributed by atoms with E-state index in [1.807, 2.05) is 18.2 Å². The Balaban J connectivity index is 1.86. The van der Waals surface area contributed by atoms with Gasteiger partial charge in [0.2, 0.25) is 0 Å². The Labute approximate surface area is 130 Å². The quantitative estimate of drug-likeness (QED) is 0.866. The maximum atomic E-state index is 11.7. The van der Waals surface area contributed by atoms with Gasteiger partial charge in [0.05, 0.1) is 26.7 Å². The Morgan fingerprint density at radius 2 is 2.00 bits per heavy atom. The molecule has 1 spiro atoms. The molecule has 0 aromatic heterocycles. The molecule has 3 unspecified atom stereocenters. The second-order valence-corrected chi connectivity index (χ2v) is 6.03. The van der Waals surface area contributed by atoms with E-state index in [1.165, 1.54) is 12.7 Å². The molecule has 0 saturated carbocycles. The molecular weight excluding hydrogens is 282 g/mol. The van der Waals surface area contributed by atoms with Crippen LogP contribution < -0.4 is 5.32 Å². The fourth-order valence-electron chi connectivity index (χ4n) is 3.55. The van der Waals surface area contributed by atoms with Gasteiger partial charge in [0.15, 0.2) is 5.79 Å². The standard InChI is InChI=1S/C17H23NO4/c1-12-16(13-6-4-3-5-7-13)18-14(10-15(19)20-2)11-17(12)21-8-9-22-17/h3-7,12,14,16,18H,8-11H2,1-2H3. The minimum absolute atomic E-state index is 0.0213. The molecule has 2 heterocycles. The van der Waals surface area contributed by atoms with Crippen molar-refractivity contribution < 1.29 is 19.0 Å². The summed E-state index contributed by atoms with van der Waals surface area (Å²) in [4.78, 5) is 11.7. The number of piperidine rings is 1. The summed E-state index contributed by atoms with van der Waals surface area (Å²) in [5.74, 6) is -0.664. The van der Waals surface area contributed by atoms with Gasteiger partial charge in [-0.2, -0.15) is 0 Å². The van der Waals surface area contributed by atoms with Crippen molar-refractivity contribution in [3.63, 3.8) is 0 Å². The van der Waals surface area contributed by atoms with Crippen LogP contribution in [0.2, 0.25) is 0 Å². The normalized spacial score (nSPS) is 30.4. The van der Waals surface area contributed by atoms with Gasteiger partial charge in [-0.1, -0.05) is 37.3 Å². The molecule has 120 valence electrons. The largest absolute Gasteiger partial charge is 0.469 e. The van der Waals surface area contributed by atoms with Crippen molar-refractivity contribution in [1.29, 1.82) is 0 Å². The molecule has 5 nitrogen and oxygen atoms in total. The van der Waals surface area contributed by atoms with Crippen LogP contribution in [0.5, 0.6) is 0 Å². The lowest BCUT2D eigenvalue weighted by atomic mass is 9.79. The van der Waals surface area contributed by atoms with Gasteiger partial charge in [-0.15, -0.1) is 0 Å². The third-order valence-corrected chi connectivity index (χ3v) is 4.72. The van der Waals surface area contributed by atoms with Crippen molar-refractivity contribution >= 4 is 5.97 Å². The van der Waals surface area contributed by atoms with Gasteiger partial charge in [-0.25, -0.2) is 0 Å². The summed E-state index contributed by atoms with van der Waals surface area (Å²) in [5, 5.41) is 3.58. The molecule has 0 amide bonds. The van der Waals surface area contributed by atoms with Crippen LogP contribution in [0.4, 0.5) is 0 Å². The molecular formula is C17H23NO4. The average molecular weight is 305 g/mol. The molecule has 2 fully saturated rings. The third kappa shape index (κ3) is 2.89. The van der Waals surface area contributed by atoms with Gasteiger partial charge < -0.3 is 19.5 Å². The molecule has 0 bridgehead atoms. The van der Waals surface area contributed by atoms with Crippen molar-refractivity contribution in [2.75, 3.05) is 20.3 Å². The van der Waals surface area contributed by atoms with Crippen LogP contribution in [0.25, 0.3) is 0 Å². The first-order chi connectivity index (χ1) is 10.6. The average Bonchev–Trinajstić information content (AvgIpc) is 3.00. The Morgan fingerprint density at radius 1 is 1.32 bits per heavy atom. The Hall–Kier alpha value is -1.43. The molecule has 5 heteroatoms. The van der Waals surface area contributed by atoms with Gasteiger partial charge in [0, 0.05) is 24.4 Å². The van der Waals surface area contributed by atoms with E-state index in [0.29, 0.717) is 26.1 Å². The maximum Gasteiger partial charge on any atom is 0.307 e. The van der Waals surface area contributed by atoms with E-state index >= 15 is 0 Å². The molecule has 2 saturated heterocycles. The van der Waals surface area contributed by atoms with Gasteiger partial charge in [0.25, 0.3) is 0 Å². The van der Waals surface area contributed by atoms with Gasteiger partial charge in [0.1, 0.15) is 0 Å². The maximum absolute atomic E-state index is 11.7. The SMILES string of the molecule is COC(=O)CC1CC2(OCCO2)C(C)C(c2ccccc2)N1. The van der Waals surface area contributed by atoms with E-state index in [1.54, 1.807) is 0 Å². The summed E-state index contributed by atoms with van der Waals surface area (Å²) >= 11 is 0. The molecule has 22 heavy (non-hydrogen) atoms. The Morgan fingerprint density at radius 3 is 2.64 bits per heavy atom. The van der Waals surface area contributed by atoms with Crippen LogP contribution in [0, 0.1) is 5.92 Å². The van der Waals surface area contributed by atoms with E-state index < -0.39 is 5.79 Å². The highest BCUT2D eigenvalue weighted by Crippen LogP contribution is 2.44. The molecule has 1 aromatic carbocycles. The highest BCUT2D eigenvalue weighted by Gasteiger charge is 2.51. The topological polar surface area (TPSA) is 56.8 Å². The zero-order valence-corrected chi connectivity index (χ0v) is 13.1. The molecule has 3 atom stereocenters. The highest BCUT2D eigenvalue weighted by molar-refractivity contribution is 5.70. The Bertz CT molecular complexity index is 513. The van der Waals surface area contributed by atoms with E-state index in [-0.39, 0.29) is 24.0 Å². The van der Waals surface area contributed by atoms with Crippen molar-refractivity contribution in [1.82, 2.24) is 5.32 Å². The number of carbonyl (C=O) groups is 1. The molecule has 2 aliphatic rings. The number of hydrogen-bond acceptors (Lipinski definition) is 5. The van der Waals surface area contributed by atoms with Crippen LogP contribution in [0.3, 0.4) is 0 Å². The number of methoxy groups -OCH3 is 1. The number of carbonyl (C=O) groups excluding carboxylic acids is 1. The van der Waals surface area contributed by atoms with Gasteiger partial charge >= 0.3 is 5.97 Å². The lowest BCUT2D eigenvalue weighted by molar-refractivity contribution is -0.221. The number of esters is 1. The Kier molecular flexibility index (Phi) is 4.47. The number of benzene rings is 1. The van der Waals surface area contributed by atoms with Crippen LogP contribution in [0.1, 0.15) is 31.4 Å². The van der Waals surface area contributed by atoms with Crippen molar-refractivity contribution in [2.45, 2.75) is 37.6 Å². The monoisotopic (exact) mass is 305 g/mol. The first-order valence-corrected chi connectivity index (χ1v) is 7.80. The molecule has 3 rings (SSSR count). The van der Waals surface area contributed by atoms with Crippen molar-refractivity contribution in [2.24, 2.45) is 5.92 Å². The van der Waals surface area contributed by atoms with Crippen LogP contribution in [-0.4, -0.2) is 38.1 Å². The molecule has 0 aliphatic carbocycles. The van der Waals surface area contributed by atoms with E-state index in [9.17, 15) is 4.79 Å². The summed E-state index contributed by atoms with van der Waals surface area (Å²) in [6.45, 7) is 3.36. The lowest BCUT2D eigenvalue weighted by Crippen LogP contribution is -2.56. The smallest absolute Gasteiger partial charge is 0.307 e. The van der Waals surface area contributed by atoms with Gasteiger partial charge in [-0.05, 0) is 5.56 Å². The molecule has 0 radical (unpaired) electrons. The second-order valence-electron chi connectivity index (χ2n) is 6.03. The zero-order chi connectivity index (χ0) is 15.6. The highest BCUT2D eigenvalue weighted by atomic mass is 16.7. The minimum atomic E-state index is -0.607. The number of ether oxygens (including phenoxy) is 3. The fraction of sp³-hybridized carbons (Fsp3) is 0.588. The summed E-state index contributed by atoms with van der Waals surface area (Å²) < 4.78 is 16.8. The van der Waals surface area contributed by atoms with E-state index in [4.69, 9.17) is 14.2 Å². The molecule has 1 aromatic rings. The third-order valence-electron chi connectivity index (χ3n) is 4.72. The molecule has 2 aliphatic heterocycles. The van der Waals surface area contributed by atoms with Gasteiger partial charge in [-0.3, -0.25) is 4.79 Å². The lowest BCUT2D eigenvalue weighted by Gasteiger charge is -2.46. The number of rotatable bonds is 3. The second kappa shape index (κ2) is 6.36. The summed E-state index contributed by atoms with van der Waals surface area (Å²) in [7, 11) is 1.42. The summed E-state index contributed by atoms with van der Waals surface area (Å²) in [6.07, 6.45) is 0.980. The van der Waals surface area contributed by atoms with E-state index in [2.05, 4.69) is 24.4 Å².